The Kier molecular flexibility index (Phi) is 9.09. The number of rotatable bonds is 5. The number of carboxylic acid groups (broad SMARTS) is 1. The van der Waals surface area contributed by atoms with Gasteiger partial charge in [-0.25, -0.2) is 0 Å². The minimum Gasteiger partial charge on any atom is -0.480 e. The lowest BCUT2D eigenvalue weighted by atomic mass is 9.82. The molecule has 0 fully saturated rings. The van der Waals surface area contributed by atoms with E-state index in [4.69, 9.17) is 10.8 Å². The number of aliphatic carboxylic acids is 1. The van der Waals surface area contributed by atoms with Gasteiger partial charge in [0.2, 0.25) is 0 Å². The van der Waals surface area contributed by atoms with Crippen LogP contribution in [0.15, 0.2) is 24.3 Å². The maximum Gasteiger partial charge on any atom is 0.320 e. The molecule has 0 aliphatic rings. The predicted octanol–water partition coefficient (Wildman–Crippen LogP) is 3.17. The summed E-state index contributed by atoms with van der Waals surface area (Å²) in [5, 5.41) is 8.74. The van der Waals surface area contributed by atoms with Gasteiger partial charge in [0.25, 0.3) is 0 Å². The van der Waals surface area contributed by atoms with Gasteiger partial charge in [-0.15, -0.1) is 24.8 Å². The molecular weight excluding hydrogens is 285 g/mol. The van der Waals surface area contributed by atoms with Crippen molar-refractivity contribution in [2.75, 3.05) is 0 Å². The number of carbonyl (C=O) groups is 1. The zero-order valence-electron chi connectivity index (χ0n) is 11.6. The fourth-order valence-electron chi connectivity index (χ4n) is 1.64. The highest BCUT2D eigenvalue weighted by molar-refractivity contribution is 5.85. The SMILES string of the molecule is CCC(C)(C)c1ccc(CC(N)C(=O)O)cc1.Cl.Cl. The van der Waals surface area contributed by atoms with Crippen LogP contribution in [0.3, 0.4) is 0 Å². The van der Waals surface area contributed by atoms with Crippen molar-refractivity contribution in [3.63, 3.8) is 0 Å². The summed E-state index contributed by atoms with van der Waals surface area (Å²) in [6, 6.07) is 7.24. The molecule has 0 saturated carbocycles. The number of halogens is 2. The summed E-state index contributed by atoms with van der Waals surface area (Å²) in [5.41, 5.74) is 7.90. The van der Waals surface area contributed by atoms with E-state index in [-0.39, 0.29) is 30.2 Å². The summed E-state index contributed by atoms with van der Waals surface area (Å²) in [7, 11) is 0. The molecule has 0 spiro atoms. The van der Waals surface area contributed by atoms with Gasteiger partial charge >= 0.3 is 5.97 Å². The largest absolute Gasteiger partial charge is 0.480 e. The molecule has 1 aromatic rings. The van der Waals surface area contributed by atoms with Gasteiger partial charge < -0.3 is 10.8 Å². The third-order valence-corrected chi connectivity index (χ3v) is 3.39. The minimum absolute atomic E-state index is 0. The van der Waals surface area contributed by atoms with E-state index < -0.39 is 12.0 Å². The molecule has 1 rings (SSSR count). The molecule has 0 aliphatic heterocycles. The number of hydrogen-bond donors (Lipinski definition) is 2. The van der Waals surface area contributed by atoms with Gasteiger partial charge in [0.05, 0.1) is 0 Å². The van der Waals surface area contributed by atoms with Gasteiger partial charge in [-0.2, -0.15) is 0 Å². The highest BCUT2D eigenvalue weighted by Crippen LogP contribution is 2.26. The second-order valence-corrected chi connectivity index (χ2v) is 5.08. The number of benzene rings is 1. The second kappa shape index (κ2) is 8.41. The zero-order valence-corrected chi connectivity index (χ0v) is 13.2. The molecule has 0 aromatic heterocycles. The lowest BCUT2D eigenvalue weighted by Crippen LogP contribution is -2.32. The van der Waals surface area contributed by atoms with Gasteiger partial charge in [0, 0.05) is 0 Å². The van der Waals surface area contributed by atoms with Crippen LogP contribution in [-0.4, -0.2) is 17.1 Å². The normalized spacial score (nSPS) is 12.0. The van der Waals surface area contributed by atoms with E-state index in [1.807, 2.05) is 12.1 Å². The maximum atomic E-state index is 10.7. The minimum atomic E-state index is -0.956. The Labute approximate surface area is 127 Å². The van der Waals surface area contributed by atoms with Crippen molar-refractivity contribution in [1.29, 1.82) is 0 Å². The molecule has 0 saturated heterocycles. The van der Waals surface area contributed by atoms with Crippen molar-refractivity contribution in [1.82, 2.24) is 0 Å². The molecule has 1 aromatic carbocycles. The first-order valence-corrected chi connectivity index (χ1v) is 5.94. The standard InChI is InChI=1S/C14H21NO2.2ClH/c1-4-14(2,3)11-7-5-10(6-8-11)9-12(15)13(16)17;;/h5-8,12H,4,9,15H2,1-3H3,(H,16,17);2*1H. The Morgan fingerprint density at radius 1 is 1.26 bits per heavy atom. The predicted molar refractivity (Wildman–Crippen MR) is 83.6 cm³/mol. The van der Waals surface area contributed by atoms with Gasteiger partial charge in [0.15, 0.2) is 0 Å². The van der Waals surface area contributed by atoms with E-state index >= 15 is 0 Å². The topological polar surface area (TPSA) is 63.3 Å². The molecule has 1 atom stereocenters. The second-order valence-electron chi connectivity index (χ2n) is 5.08. The maximum absolute atomic E-state index is 10.7. The number of carboxylic acids is 1. The lowest BCUT2D eigenvalue weighted by Gasteiger charge is -2.23. The molecule has 0 aliphatic carbocycles. The molecule has 110 valence electrons. The molecule has 0 amide bonds. The summed E-state index contributed by atoms with van der Waals surface area (Å²) < 4.78 is 0. The van der Waals surface area contributed by atoms with Gasteiger partial charge in [-0.1, -0.05) is 45.0 Å². The van der Waals surface area contributed by atoms with Crippen molar-refractivity contribution in [2.45, 2.75) is 45.1 Å². The monoisotopic (exact) mass is 307 g/mol. The summed E-state index contributed by atoms with van der Waals surface area (Å²) in [5.74, 6) is -0.956. The van der Waals surface area contributed by atoms with Gasteiger partial charge in [-0.05, 0) is 29.4 Å². The van der Waals surface area contributed by atoms with E-state index in [2.05, 4.69) is 32.9 Å². The Balaban J connectivity index is 0. The Morgan fingerprint density at radius 2 is 1.74 bits per heavy atom. The average Bonchev–Trinajstić information content (AvgIpc) is 2.29. The van der Waals surface area contributed by atoms with Crippen molar-refractivity contribution in [3.8, 4) is 0 Å². The highest BCUT2D eigenvalue weighted by Gasteiger charge is 2.18. The van der Waals surface area contributed by atoms with Crippen LogP contribution in [0, 0.1) is 0 Å². The smallest absolute Gasteiger partial charge is 0.320 e. The molecule has 3 N–H and O–H groups in total. The van der Waals surface area contributed by atoms with E-state index in [1.165, 1.54) is 5.56 Å². The Bertz CT molecular complexity index is 391. The molecular formula is C14H23Cl2NO2. The summed E-state index contributed by atoms with van der Waals surface area (Å²) in [4.78, 5) is 10.7. The molecule has 3 nitrogen and oxygen atoms in total. The van der Waals surface area contributed by atoms with Crippen molar-refractivity contribution >= 4 is 30.8 Å². The summed E-state index contributed by atoms with van der Waals surface area (Å²) >= 11 is 0. The quantitative estimate of drug-likeness (QED) is 0.878. The van der Waals surface area contributed by atoms with E-state index in [0.29, 0.717) is 6.42 Å². The first-order chi connectivity index (χ1) is 7.86. The lowest BCUT2D eigenvalue weighted by molar-refractivity contribution is -0.138. The highest BCUT2D eigenvalue weighted by atomic mass is 35.5. The third-order valence-electron chi connectivity index (χ3n) is 3.39. The number of nitrogens with two attached hydrogens (primary N) is 1. The van der Waals surface area contributed by atoms with E-state index in [0.717, 1.165) is 12.0 Å². The van der Waals surface area contributed by atoms with Gasteiger partial charge in [-0.3, -0.25) is 4.79 Å². The fraction of sp³-hybridized carbons (Fsp3) is 0.500. The van der Waals surface area contributed by atoms with Crippen molar-refractivity contribution in [2.24, 2.45) is 5.73 Å². The van der Waals surface area contributed by atoms with Crippen LogP contribution in [0.25, 0.3) is 0 Å². The van der Waals surface area contributed by atoms with Crippen LogP contribution < -0.4 is 5.73 Å². The van der Waals surface area contributed by atoms with Gasteiger partial charge in [0.1, 0.15) is 6.04 Å². The number of hydrogen-bond acceptors (Lipinski definition) is 2. The Hall–Kier alpha value is -0.770. The van der Waals surface area contributed by atoms with Crippen LogP contribution >= 0.6 is 24.8 Å². The van der Waals surface area contributed by atoms with Crippen LogP contribution in [0.4, 0.5) is 0 Å². The molecule has 19 heavy (non-hydrogen) atoms. The van der Waals surface area contributed by atoms with Crippen molar-refractivity contribution in [3.05, 3.63) is 35.4 Å². The van der Waals surface area contributed by atoms with Crippen LogP contribution in [0.1, 0.15) is 38.3 Å². The first kappa shape index (κ1) is 20.5. The van der Waals surface area contributed by atoms with E-state index in [1.54, 1.807) is 0 Å². The van der Waals surface area contributed by atoms with Crippen LogP contribution in [-0.2, 0) is 16.6 Å². The Morgan fingerprint density at radius 3 is 2.11 bits per heavy atom. The molecule has 1 unspecified atom stereocenters. The molecule has 5 heteroatoms. The molecule has 0 heterocycles. The molecule has 0 radical (unpaired) electrons. The van der Waals surface area contributed by atoms with Crippen LogP contribution in [0.2, 0.25) is 0 Å². The first-order valence-electron chi connectivity index (χ1n) is 5.94. The third kappa shape index (κ3) is 5.81. The van der Waals surface area contributed by atoms with E-state index in [9.17, 15) is 4.79 Å². The summed E-state index contributed by atoms with van der Waals surface area (Å²) in [6.07, 6.45) is 1.45. The van der Waals surface area contributed by atoms with Crippen LogP contribution in [0.5, 0.6) is 0 Å². The van der Waals surface area contributed by atoms with Crippen molar-refractivity contribution < 1.29 is 9.90 Å². The molecule has 0 bridgehead atoms. The average molecular weight is 308 g/mol. The fourth-order valence-corrected chi connectivity index (χ4v) is 1.64. The zero-order chi connectivity index (χ0) is 13.1. The summed E-state index contributed by atoms with van der Waals surface area (Å²) in [6.45, 7) is 6.56.